The van der Waals surface area contributed by atoms with Crippen LogP contribution in [0, 0.1) is 11.3 Å². The molecule has 0 bridgehead atoms. The smallest absolute Gasteiger partial charge is 0.296 e. The van der Waals surface area contributed by atoms with E-state index in [9.17, 15) is 19.8 Å². The minimum absolute atomic E-state index is 0.0918. The standard InChI is InChI=1S/C21H18N2O5/c1-2-28-16-12-14(8-9-15(16)24)18-17(19(25)13-6-4-3-5-7-13)20(26)21(27)23(18)11-10-22/h3-9,12,18,24-25H,2,11H2,1H3/b19-17+. The second-order valence-electron chi connectivity index (χ2n) is 6.11. The van der Waals surface area contributed by atoms with Crippen molar-refractivity contribution in [3.8, 4) is 17.6 Å². The average molecular weight is 378 g/mol. The van der Waals surface area contributed by atoms with Crippen LogP contribution in [0.3, 0.4) is 0 Å². The van der Waals surface area contributed by atoms with Crippen LogP contribution in [0.4, 0.5) is 0 Å². The number of rotatable bonds is 5. The van der Waals surface area contributed by atoms with E-state index in [1.807, 2.05) is 6.07 Å². The van der Waals surface area contributed by atoms with E-state index in [1.54, 1.807) is 37.3 Å². The van der Waals surface area contributed by atoms with Crippen molar-refractivity contribution in [2.45, 2.75) is 13.0 Å². The maximum absolute atomic E-state index is 12.7. The monoisotopic (exact) mass is 378 g/mol. The highest BCUT2D eigenvalue weighted by molar-refractivity contribution is 6.46. The number of phenols is 1. The van der Waals surface area contributed by atoms with E-state index in [1.165, 1.54) is 18.2 Å². The number of nitrogens with zero attached hydrogens (tertiary/aromatic N) is 2. The van der Waals surface area contributed by atoms with Crippen LogP contribution < -0.4 is 4.74 Å². The fourth-order valence-corrected chi connectivity index (χ4v) is 3.19. The molecule has 0 aliphatic carbocycles. The summed E-state index contributed by atoms with van der Waals surface area (Å²) in [6.07, 6.45) is 0. The molecule has 0 radical (unpaired) electrons. The van der Waals surface area contributed by atoms with E-state index >= 15 is 0 Å². The van der Waals surface area contributed by atoms with Crippen molar-refractivity contribution in [1.29, 1.82) is 5.26 Å². The molecule has 1 fully saturated rings. The number of aliphatic hydroxyl groups excluding tert-OH is 1. The Kier molecular flexibility index (Phi) is 5.32. The van der Waals surface area contributed by atoms with Crippen LogP contribution in [-0.4, -0.2) is 40.0 Å². The molecule has 1 unspecified atom stereocenters. The van der Waals surface area contributed by atoms with Crippen molar-refractivity contribution in [1.82, 2.24) is 4.90 Å². The molecule has 7 nitrogen and oxygen atoms in total. The first-order chi connectivity index (χ1) is 13.5. The van der Waals surface area contributed by atoms with E-state index in [0.29, 0.717) is 17.7 Å². The quantitative estimate of drug-likeness (QED) is 0.358. The van der Waals surface area contributed by atoms with Gasteiger partial charge < -0.3 is 19.8 Å². The van der Waals surface area contributed by atoms with Gasteiger partial charge in [-0.15, -0.1) is 0 Å². The number of carbonyl (C=O) groups excluding carboxylic acids is 2. The lowest BCUT2D eigenvalue weighted by molar-refractivity contribution is -0.139. The van der Waals surface area contributed by atoms with Gasteiger partial charge in [0, 0.05) is 5.56 Å². The number of nitriles is 1. The number of ether oxygens (including phenoxy) is 1. The SMILES string of the molecule is CCOc1cc(C2/C(=C(\O)c3ccccc3)C(=O)C(=O)N2CC#N)ccc1O. The van der Waals surface area contributed by atoms with E-state index in [-0.39, 0.29) is 29.4 Å². The Labute approximate surface area is 161 Å². The Bertz CT molecular complexity index is 992. The van der Waals surface area contributed by atoms with Gasteiger partial charge in [0.05, 0.1) is 24.3 Å². The molecular weight excluding hydrogens is 360 g/mol. The summed E-state index contributed by atoms with van der Waals surface area (Å²) in [7, 11) is 0. The molecule has 2 aromatic rings. The van der Waals surface area contributed by atoms with Crippen LogP contribution in [0.15, 0.2) is 54.1 Å². The number of aromatic hydroxyl groups is 1. The van der Waals surface area contributed by atoms with Gasteiger partial charge in [-0.05, 0) is 24.6 Å². The molecule has 2 N–H and O–H groups in total. The number of hydrogen-bond acceptors (Lipinski definition) is 6. The molecule has 0 aromatic heterocycles. The molecule has 1 aliphatic heterocycles. The van der Waals surface area contributed by atoms with Crippen LogP contribution in [0.2, 0.25) is 0 Å². The molecule has 2 aromatic carbocycles. The van der Waals surface area contributed by atoms with E-state index in [4.69, 9.17) is 10.00 Å². The van der Waals surface area contributed by atoms with Crippen molar-refractivity contribution >= 4 is 17.4 Å². The predicted octanol–water partition coefficient (Wildman–Crippen LogP) is 2.74. The molecule has 3 rings (SSSR count). The fraction of sp³-hybridized carbons (Fsp3) is 0.190. The Balaban J connectivity index is 2.21. The number of hydrogen-bond donors (Lipinski definition) is 2. The number of phenolic OH excluding ortho intramolecular Hbond substituents is 1. The van der Waals surface area contributed by atoms with Crippen molar-refractivity contribution in [3.05, 3.63) is 65.2 Å². The first kappa shape index (κ1) is 19.0. The largest absolute Gasteiger partial charge is 0.507 e. The van der Waals surface area contributed by atoms with Gasteiger partial charge in [0.15, 0.2) is 11.5 Å². The Hall–Kier alpha value is -3.79. The van der Waals surface area contributed by atoms with Gasteiger partial charge in [0.25, 0.3) is 11.7 Å². The number of benzene rings is 2. The van der Waals surface area contributed by atoms with Gasteiger partial charge in [-0.1, -0.05) is 36.4 Å². The Morgan fingerprint density at radius 3 is 2.57 bits per heavy atom. The number of likely N-dealkylation sites (tertiary alicyclic amines) is 1. The number of aliphatic hydroxyl groups is 1. The highest BCUT2D eigenvalue weighted by Crippen LogP contribution is 2.41. The predicted molar refractivity (Wildman–Crippen MR) is 100 cm³/mol. The summed E-state index contributed by atoms with van der Waals surface area (Å²) in [4.78, 5) is 26.3. The van der Waals surface area contributed by atoms with Gasteiger partial charge in [-0.2, -0.15) is 5.26 Å². The zero-order valence-electron chi connectivity index (χ0n) is 15.1. The maximum atomic E-state index is 12.7. The number of amides is 1. The summed E-state index contributed by atoms with van der Waals surface area (Å²) in [5.74, 6) is -1.97. The minimum Gasteiger partial charge on any atom is -0.507 e. The lowest BCUT2D eigenvalue weighted by Gasteiger charge is -2.23. The topological polar surface area (TPSA) is 111 Å². The average Bonchev–Trinajstić information content (AvgIpc) is 2.95. The molecule has 28 heavy (non-hydrogen) atoms. The van der Waals surface area contributed by atoms with Crippen LogP contribution in [-0.2, 0) is 9.59 Å². The molecule has 0 saturated carbocycles. The second-order valence-corrected chi connectivity index (χ2v) is 6.11. The fourth-order valence-electron chi connectivity index (χ4n) is 3.19. The van der Waals surface area contributed by atoms with Gasteiger partial charge >= 0.3 is 0 Å². The third-order valence-electron chi connectivity index (χ3n) is 4.43. The summed E-state index contributed by atoms with van der Waals surface area (Å²) in [5, 5.41) is 29.8. The number of carbonyl (C=O) groups is 2. The first-order valence-electron chi connectivity index (χ1n) is 8.66. The van der Waals surface area contributed by atoms with Crippen LogP contribution in [0.5, 0.6) is 11.5 Å². The summed E-state index contributed by atoms with van der Waals surface area (Å²) in [5.41, 5.74) is 0.707. The zero-order chi connectivity index (χ0) is 20.3. The molecular formula is C21H18N2O5. The normalized spacial score (nSPS) is 18.1. The molecule has 1 heterocycles. The lowest BCUT2D eigenvalue weighted by Crippen LogP contribution is -2.30. The Morgan fingerprint density at radius 2 is 1.93 bits per heavy atom. The van der Waals surface area contributed by atoms with E-state index in [0.717, 1.165) is 4.90 Å². The van der Waals surface area contributed by atoms with Gasteiger partial charge in [0.2, 0.25) is 0 Å². The minimum atomic E-state index is -0.973. The summed E-state index contributed by atoms with van der Waals surface area (Å²) >= 11 is 0. The Morgan fingerprint density at radius 1 is 1.21 bits per heavy atom. The van der Waals surface area contributed by atoms with Gasteiger partial charge in [-0.25, -0.2) is 0 Å². The second kappa shape index (κ2) is 7.84. The molecule has 1 aliphatic rings. The summed E-state index contributed by atoms with van der Waals surface area (Å²) < 4.78 is 5.38. The zero-order valence-corrected chi connectivity index (χ0v) is 15.1. The van der Waals surface area contributed by atoms with Gasteiger partial charge in [0.1, 0.15) is 12.3 Å². The van der Waals surface area contributed by atoms with Crippen LogP contribution in [0.25, 0.3) is 5.76 Å². The number of ketones is 1. The third kappa shape index (κ3) is 3.28. The van der Waals surface area contributed by atoms with E-state index < -0.39 is 17.7 Å². The molecule has 7 heteroatoms. The van der Waals surface area contributed by atoms with Crippen LogP contribution >= 0.6 is 0 Å². The van der Waals surface area contributed by atoms with E-state index in [2.05, 4.69) is 0 Å². The summed E-state index contributed by atoms with van der Waals surface area (Å²) in [6.45, 7) is 1.73. The van der Waals surface area contributed by atoms with Crippen molar-refractivity contribution < 1.29 is 24.5 Å². The van der Waals surface area contributed by atoms with Crippen LogP contribution in [0.1, 0.15) is 24.1 Å². The maximum Gasteiger partial charge on any atom is 0.296 e. The van der Waals surface area contributed by atoms with Gasteiger partial charge in [-0.3, -0.25) is 9.59 Å². The molecule has 142 valence electrons. The summed E-state index contributed by atoms with van der Waals surface area (Å²) in [6, 6.07) is 13.7. The molecule has 0 spiro atoms. The molecule has 1 atom stereocenters. The number of Topliss-reactive ketones (excluding diaryl/α,β-unsaturated/α-hetero) is 1. The third-order valence-corrected chi connectivity index (χ3v) is 4.43. The van der Waals surface area contributed by atoms with Crippen molar-refractivity contribution in [2.75, 3.05) is 13.2 Å². The lowest BCUT2D eigenvalue weighted by atomic mass is 9.95. The highest BCUT2D eigenvalue weighted by atomic mass is 16.5. The highest BCUT2D eigenvalue weighted by Gasteiger charge is 2.46. The molecule has 1 saturated heterocycles. The first-order valence-corrected chi connectivity index (χ1v) is 8.66. The van der Waals surface area contributed by atoms with Crippen molar-refractivity contribution in [2.24, 2.45) is 0 Å². The van der Waals surface area contributed by atoms with Crippen molar-refractivity contribution in [3.63, 3.8) is 0 Å². The molecule has 1 amide bonds.